The van der Waals surface area contributed by atoms with Gasteiger partial charge in [0.2, 0.25) is 0 Å². The summed E-state index contributed by atoms with van der Waals surface area (Å²) >= 11 is 0. The Bertz CT molecular complexity index is 374. The van der Waals surface area contributed by atoms with Crippen LogP contribution in [-0.4, -0.2) is 10.2 Å². The summed E-state index contributed by atoms with van der Waals surface area (Å²) in [4.78, 5) is 0. The van der Waals surface area contributed by atoms with Crippen molar-refractivity contribution in [1.82, 2.24) is 15.6 Å². The van der Waals surface area contributed by atoms with Gasteiger partial charge in [0, 0.05) is 6.04 Å². The summed E-state index contributed by atoms with van der Waals surface area (Å²) in [5, 5.41) is 8.38. The maximum absolute atomic E-state index is 5.69. The second kappa shape index (κ2) is 5.56. The molecule has 0 amide bonds. The first-order chi connectivity index (χ1) is 8.24. The summed E-state index contributed by atoms with van der Waals surface area (Å²) in [5.74, 6) is 6.62. The van der Waals surface area contributed by atoms with Gasteiger partial charge in [-0.2, -0.15) is 10.2 Å². The number of aryl methyl sites for hydroxylation is 2. The highest BCUT2D eigenvalue weighted by atomic mass is 15.2. The van der Waals surface area contributed by atoms with Crippen LogP contribution in [0.15, 0.2) is 6.07 Å². The lowest BCUT2D eigenvalue weighted by Crippen LogP contribution is -2.29. The maximum Gasteiger partial charge on any atom is 0.0676 e. The summed E-state index contributed by atoms with van der Waals surface area (Å²) in [6, 6.07) is 2.34. The average Bonchev–Trinajstić information content (AvgIpc) is 3.14. The first-order valence-corrected chi connectivity index (χ1v) is 6.53. The van der Waals surface area contributed by atoms with Gasteiger partial charge in [0.05, 0.1) is 11.4 Å². The lowest BCUT2D eigenvalue weighted by molar-refractivity contribution is 0.475. The van der Waals surface area contributed by atoms with Crippen molar-refractivity contribution in [2.24, 2.45) is 11.8 Å². The van der Waals surface area contributed by atoms with Crippen LogP contribution in [0, 0.1) is 12.8 Å². The van der Waals surface area contributed by atoms with Crippen LogP contribution in [0.3, 0.4) is 0 Å². The van der Waals surface area contributed by atoms with Crippen LogP contribution in [0.2, 0.25) is 0 Å². The van der Waals surface area contributed by atoms with Gasteiger partial charge in [-0.05, 0) is 43.7 Å². The largest absolute Gasteiger partial charge is 0.271 e. The minimum Gasteiger partial charge on any atom is -0.271 e. The van der Waals surface area contributed by atoms with E-state index >= 15 is 0 Å². The van der Waals surface area contributed by atoms with E-state index < -0.39 is 0 Å². The van der Waals surface area contributed by atoms with Crippen LogP contribution >= 0.6 is 0 Å². The molecule has 0 bridgehead atoms. The van der Waals surface area contributed by atoms with Crippen molar-refractivity contribution in [3.63, 3.8) is 0 Å². The zero-order chi connectivity index (χ0) is 12.3. The van der Waals surface area contributed by atoms with Crippen LogP contribution < -0.4 is 11.3 Å². The molecular weight excluding hydrogens is 212 g/mol. The molecule has 1 heterocycles. The Balaban J connectivity index is 2.12. The molecule has 1 saturated carbocycles. The number of nitrogens with zero attached hydrogens (tertiary/aromatic N) is 2. The molecule has 0 aromatic carbocycles. The van der Waals surface area contributed by atoms with Gasteiger partial charge in [-0.15, -0.1) is 0 Å². The van der Waals surface area contributed by atoms with Crippen LogP contribution in [0.25, 0.3) is 0 Å². The van der Waals surface area contributed by atoms with Crippen molar-refractivity contribution in [3.05, 3.63) is 23.0 Å². The van der Waals surface area contributed by atoms with E-state index in [-0.39, 0.29) is 6.04 Å². The number of hydrazine groups is 1. The molecule has 0 aliphatic heterocycles. The molecule has 94 valence electrons. The molecule has 1 aromatic rings. The van der Waals surface area contributed by atoms with Gasteiger partial charge in [0.1, 0.15) is 0 Å². The SMILES string of the molecule is CCc1nnc(C)cc1C(CCC1CC1)NN. The molecule has 1 aromatic heterocycles. The molecule has 3 N–H and O–H groups in total. The topological polar surface area (TPSA) is 63.8 Å². The van der Waals surface area contributed by atoms with E-state index in [9.17, 15) is 0 Å². The highest BCUT2D eigenvalue weighted by Crippen LogP contribution is 2.36. The Hall–Kier alpha value is -1.00. The third-order valence-electron chi connectivity index (χ3n) is 3.50. The highest BCUT2D eigenvalue weighted by Gasteiger charge is 2.23. The van der Waals surface area contributed by atoms with E-state index in [0.29, 0.717) is 0 Å². The van der Waals surface area contributed by atoms with Crippen LogP contribution in [0.1, 0.15) is 55.6 Å². The molecular formula is C13H22N4. The molecule has 0 saturated heterocycles. The van der Waals surface area contributed by atoms with Crippen LogP contribution in [-0.2, 0) is 6.42 Å². The molecule has 4 nitrogen and oxygen atoms in total. The number of hydrogen-bond donors (Lipinski definition) is 2. The fourth-order valence-electron chi connectivity index (χ4n) is 2.25. The van der Waals surface area contributed by atoms with E-state index in [1.807, 2.05) is 6.92 Å². The Kier molecular flexibility index (Phi) is 4.07. The monoisotopic (exact) mass is 234 g/mol. The fraction of sp³-hybridized carbons (Fsp3) is 0.692. The quantitative estimate of drug-likeness (QED) is 0.584. The molecule has 1 fully saturated rings. The first-order valence-electron chi connectivity index (χ1n) is 6.53. The predicted molar refractivity (Wildman–Crippen MR) is 68.2 cm³/mol. The molecule has 0 spiro atoms. The van der Waals surface area contributed by atoms with Gasteiger partial charge in [0.25, 0.3) is 0 Å². The smallest absolute Gasteiger partial charge is 0.0676 e. The van der Waals surface area contributed by atoms with Gasteiger partial charge in [-0.1, -0.05) is 19.8 Å². The highest BCUT2D eigenvalue weighted by molar-refractivity contribution is 5.24. The fourth-order valence-corrected chi connectivity index (χ4v) is 2.25. The molecule has 2 rings (SSSR count). The Morgan fingerprint density at radius 1 is 1.47 bits per heavy atom. The molecule has 1 aliphatic rings. The molecule has 0 radical (unpaired) electrons. The first kappa shape index (κ1) is 12.5. The zero-order valence-corrected chi connectivity index (χ0v) is 10.7. The Morgan fingerprint density at radius 2 is 2.24 bits per heavy atom. The van der Waals surface area contributed by atoms with Gasteiger partial charge in [-0.25, -0.2) is 0 Å². The second-order valence-electron chi connectivity index (χ2n) is 4.98. The molecule has 1 atom stereocenters. The van der Waals surface area contributed by atoms with Gasteiger partial charge >= 0.3 is 0 Å². The summed E-state index contributed by atoms with van der Waals surface area (Å²) in [6.45, 7) is 4.09. The predicted octanol–water partition coefficient (Wildman–Crippen LogP) is 2.04. The van der Waals surface area contributed by atoms with E-state index in [4.69, 9.17) is 5.84 Å². The van der Waals surface area contributed by atoms with Crippen molar-refractivity contribution in [2.75, 3.05) is 0 Å². The van der Waals surface area contributed by atoms with E-state index in [1.54, 1.807) is 0 Å². The Morgan fingerprint density at radius 3 is 2.82 bits per heavy atom. The standard InChI is InChI=1S/C13H22N4/c1-3-12-11(8-9(2)16-17-12)13(15-14)7-6-10-4-5-10/h8,10,13,15H,3-7,14H2,1-2H3. The van der Waals surface area contributed by atoms with Crippen LogP contribution in [0.5, 0.6) is 0 Å². The Labute approximate surface area is 103 Å². The summed E-state index contributed by atoms with van der Waals surface area (Å²) in [6.07, 6.45) is 6.06. The van der Waals surface area contributed by atoms with Crippen molar-refractivity contribution in [1.29, 1.82) is 0 Å². The normalized spacial score (nSPS) is 17.1. The lowest BCUT2D eigenvalue weighted by Gasteiger charge is -2.18. The molecule has 1 aliphatic carbocycles. The van der Waals surface area contributed by atoms with E-state index in [2.05, 4.69) is 28.6 Å². The number of nitrogens with one attached hydrogen (secondary N) is 1. The third-order valence-corrected chi connectivity index (χ3v) is 3.50. The van der Waals surface area contributed by atoms with E-state index in [0.717, 1.165) is 30.1 Å². The van der Waals surface area contributed by atoms with Crippen molar-refractivity contribution in [2.45, 2.75) is 52.0 Å². The van der Waals surface area contributed by atoms with Gasteiger partial charge in [0.15, 0.2) is 0 Å². The minimum atomic E-state index is 0.222. The van der Waals surface area contributed by atoms with Gasteiger partial charge < -0.3 is 0 Å². The van der Waals surface area contributed by atoms with Crippen molar-refractivity contribution < 1.29 is 0 Å². The summed E-state index contributed by atoms with van der Waals surface area (Å²) in [7, 11) is 0. The summed E-state index contributed by atoms with van der Waals surface area (Å²) < 4.78 is 0. The van der Waals surface area contributed by atoms with Crippen molar-refractivity contribution >= 4 is 0 Å². The number of hydrogen-bond acceptors (Lipinski definition) is 4. The van der Waals surface area contributed by atoms with Crippen molar-refractivity contribution in [3.8, 4) is 0 Å². The maximum atomic E-state index is 5.69. The van der Waals surface area contributed by atoms with Crippen LogP contribution in [0.4, 0.5) is 0 Å². The molecule has 17 heavy (non-hydrogen) atoms. The lowest BCUT2D eigenvalue weighted by atomic mass is 9.98. The molecule has 1 unspecified atom stereocenters. The number of aromatic nitrogens is 2. The third kappa shape index (κ3) is 3.23. The average molecular weight is 234 g/mol. The van der Waals surface area contributed by atoms with Gasteiger partial charge in [-0.3, -0.25) is 11.3 Å². The minimum absolute atomic E-state index is 0.222. The molecule has 4 heteroatoms. The number of rotatable bonds is 6. The summed E-state index contributed by atoms with van der Waals surface area (Å²) in [5.41, 5.74) is 6.19. The number of nitrogens with two attached hydrogens (primary N) is 1. The van der Waals surface area contributed by atoms with E-state index in [1.165, 1.54) is 24.8 Å². The zero-order valence-electron chi connectivity index (χ0n) is 10.7. The second-order valence-corrected chi connectivity index (χ2v) is 4.98.